The summed E-state index contributed by atoms with van der Waals surface area (Å²) in [5.74, 6) is 1.65. The van der Waals surface area contributed by atoms with Crippen LogP contribution in [0.1, 0.15) is 57.9 Å². The lowest BCUT2D eigenvalue weighted by molar-refractivity contribution is -0.116. The second-order valence-corrected chi connectivity index (χ2v) is 9.01. The Balaban J connectivity index is 1.50. The fraction of sp³-hybridized carbons (Fsp3) is 0.522. The third kappa shape index (κ3) is 2.09. The lowest BCUT2D eigenvalue weighted by atomic mass is 9.48. The molecular formula is C23H26N2O. The number of hydrogen-bond donors (Lipinski definition) is 0. The fourth-order valence-corrected chi connectivity index (χ4v) is 6.41. The molecule has 2 saturated carbocycles. The molecule has 0 unspecified atom stereocenters. The minimum Gasteiger partial charge on any atom is -0.295 e. The highest BCUT2D eigenvalue weighted by molar-refractivity contribution is 5.91. The molecular weight excluding hydrogens is 320 g/mol. The molecule has 4 aliphatic carbocycles. The molecule has 0 bridgehead atoms. The highest BCUT2D eigenvalue weighted by Crippen LogP contribution is 2.65. The largest absolute Gasteiger partial charge is 0.295 e. The van der Waals surface area contributed by atoms with Gasteiger partial charge in [0.05, 0.1) is 0 Å². The van der Waals surface area contributed by atoms with Crippen molar-refractivity contribution in [3.63, 3.8) is 0 Å². The Morgan fingerprint density at radius 2 is 1.85 bits per heavy atom. The second-order valence-electron chi connectivity index (χ2n) is 9.01. The van der Waals surface area contributed by atoms with Gasteiger partial charge in [0.2, 0.25) is 0 Å². The average molecular weight is 346 g/mol. The van der Waals surface area contributed by atoms with Gasteiger partial charge in [-0.25, -0.2) is 9.97 Å². The molecule has 3 heteroatoms. The summed E-state index contributed by atoms with van der Waals surface area (Å²) in [7, 11) is 0. The van der Waals surface area contributed by atoms with Gasteiger partial charge in [-0.3, -0.25) is 4.79 Å². The van der Waals surface area contributed by atoms with Crippen molar-refractivity contribution >= 4 is 11.4 Å². The first-order valence-corrected chi connectivity index (χ1v) is 9.94. The maximum absolute atomic E-state index is 11.9. The van der Waals surface area contributed by atoms with E-state index in [0.29, 0.717) is 17.6 Å². The van der Waals surface area contributed by atoms with E-state index >= 15 is 0 Å². The van der Waals surface area contributed by atoms with E-state index in [1.54, 1.807) is 11.9 Å². The summed E-state index contributed by atoms with van der Waals surface area (Å²) < 4.78 is 0. The lowest BCUT2D eigenvalue weighted by Crippen LogP contribution is -2.47. The van der Waals surface area contributed by atoms with Crippen molar-refractivity contribution in [1.29, 1.82) is 0 Å². The highest BCUT2D eigenvalue weighted by Gasteiger charge is 2.54. The van der Waals surface area contributed by atoms with Crippen LogP contribution in [0.15, 0.2) is 48.1 Å². The maximum Gasteiger partial charge on any atom is 0.155 e. The number of ketones is 1. The first-order valence-electron chi connectivity index (χ1n) is 9.94. The molecule has 1 aromatic rings. The number of allylic oxidation sites excluding steroid dienone is 6. The van der Waals surface area contributed by atoms with E-state index in [2.05, 4.69) is 36.0 Å². The Hall–Kier alpha value is -2.03. The Bertz CT molecular complexity index is 865. The van der Waals surface area contributed by atoms with Crippen LogP contribution in [0.25, 0.3) is 5.57 Å². The summed E-state index contributed by atoms with van der Waals surface area (Å²) in [6.45, 7) is 4.85. The van der Waals surface area contributed by atoms with Crippen molar-refractivity contribution in [3.05, 3.63) is 53.7 Å². The van der Waals surface area contributed by atoms with Crippen LogP contribution in [-0.2, 0) is 4.79 Å². The number of aromatic nitrogens is 2. The van der Waals surface area contributed by atoms with E-state index in [1.807, 2.05) is 18.5 Å². The van der Waals surface area contributed by atoms with E-state index in [4.69, 9.17) is 0 Å². The van der Waals surface area contributed by atoms with Gasteiger partial charge < -0.3 is 0 Å². The van der Waals surface area contributed by atoms with Crippen molar-refractivity contribution in [1.82, 2.24) is 9.97 Å². The monoisotopic (exact) mass is 346 g/mol. The Morgan fingerprint density at radius 3 is 2.65 bits per heavy atom. The highest BCUT2D eigenvalue weighted by atomic mass is 16.1. The predicted molar refractivity (Wildman–Crippen MR) is 102 cm³/mol. The van der Waals surface area contributed by atoms with E-state index in [-0.39, 0.29) is 10.8 Å². The van der Waals surface area contributed by atoms with Crippen molar-refractivity contribution < 1.29 is 4.79 Å². The quantitative estimate of drug-likeness (QED) is 0.725. The van der Waals surface area contributed by atoms with Gasteiger partial charge in [-0.1, -0.05) is 37.1 Å². The summed E-state index contributed by atoms with van der Waals surface area (Å²) in [5, 5.41) is 0. The molecule has 134 valence electrons. The summed E-state index contributed by atoms with van der Waals surface area (Å²) in [4.78, 5) is 20.4. The number of rotatable bonds is 1. The van der Waals surface area contributed by atoms with Crippen molar-refractivity contribution in [2.45, 2.75) is 52.4 Å². The second kappa shape index (κ2) is 5.48. The maximum atomic E-state index is 11.9. The fourth-order valence-electron chi connectivity index (χ4n) is 6.41. The third-order valence-corrected chi connectivity index (χ3v) is 7.88. The zero-order valence-corrected chi connectivity index (χ0v) is 15.7. The van der Waals surface area contributed by atoms with Gasteiger partial charge in [-0.2, -0.15) is 0 Å². The van der Waals surface area contributed by atoms with Crippen LogP contribution in [-0.4, -0.2) is 15.8 Å². The topological polar surface area (TPSA) is 42.9 Å². The lowest BCUT2D eigenvalue weighted by Gasteiger charge is -2.56. The first-order chi connectivity index (χ1) is 12.5. The zero-order valence-electron chi connectivity index (χ0n) is 15.7. The van der Waals surface area contributed by atoms with Crippen LogP contribution < -0.4 is 0 Å². The summed E-state index contributed by atoms with van der Waals surface area (Å²) in [6.07, 6.45) is 18.6. The van der Waals surface area contributed by atoms with Crippen molar-refractivity contribution in [3.8, 4) is 0 Å². The molecule has 5 rings (SSSR count). The van der Waals surface area contributed by atoms with Crippen LogP contribution in [0.3, 0.4) is 0 Å². The van der Waals surface area contributed by atoms with Crippen LogP contribution >= 0.6 is 0 Å². The van der Waals surface area contributed by atoms with Crippen molar-refractivity contribution in [2.75, 3.05) is 0 Å². The normalized spacial score (nSPS) is 38.5. The van der Waals surface area contributed by atoms with Gasteiger partial charge in [-0.15, -0.1) is 0 Å². The molecule has 2 fully saturated rings. The Morgan fingerprint density at radius 1 is 1.04 bits per heavy atom. The predicted octanol–water partition coefficient (Wildman–Crippen LogP) is 4.92. The summed E-state index contributed by atoms with van der Waals surface area (Å²) in [5.41, 5.74) is 5.93. The molecule has 1 aromatic heterocycles. The van der Waals surface area contributed by atoms with Gasteiger partial charge >= 0.3 is 0 Å². The third-order valence-electron chi connectivity index (χ3n) is 7.88. The number of nitrogens with zero attached hydrogens (tertiary/aromatic N) is 2. The zero-order chi connectivity index (χ0) is 17.9. The SMILES string of the molecule is C[C@]12CC[C@H]3[C@@H](CCC4=CC(=O)CC[C@@]43C)C1=CC=C2c1cncnc1. The molecule has 4 aliphatic rings. The summed E-state index contributed by atoms with van der Waals surface area (Å²) in [6, 6.07) is 0. The van der Waals surface area contributed by atoms with Crippen LogP contribution in [0.5, 0.6) is 0 Å². The molecule has 0 saturated heterocycles. The summed E-state index contributed by atoms with van der Waals surface area (Å²) >= 11 is 0. The van der Waals surface area contributed by atoms with Crippen molar-refractivity contribution in [2.24, 2.45) is 22.7 Å². The molecule has 0 radical (unpaired) electrons. The van der Waals surface area contributed by atoms with Gasteiger partial charge in [0, 0.05) is 29.8 Å². The molecule has 26 heavy (non-hydrogen) atoms. The van der Waals surface area contributed by atoms with Gasteiger partial charge in [-0.05, 0) is 61.0 Å². The average Bonchev–Trinajstić information content (AvgIpc) is 3.00. The van der Waals surface area contributed by atoms with Crippen LogP contribution in [0, 0.1) is 22.7 Å². The number of hydrogen-bond acceptors (Lipinski definition) is 3. The standard InChI is InChI=1S/C23H26N2O/c1-22-9-7-17(26)11-16(22)3-4-18-20-6-5-19(15-12-24-14-25-13-15)23(20,2)10-8-21(18)22/h5-6,11-14,18,21H,3-4,7-10H2,1-2H3/t18-,21-,22-,23+/m0/s1. The van der Waals surface area contributed by atoms with Gasteiger partial charge in [0.15, 0.2) is 5.78 Å². The van der Waals surface area contributed by atoms with E-state index < -0.39 is 0 Å². The molecule has 0 N–H and O–H groups in total. The molecule has 0 spiro atoms. The van der Waals surface area contributed by atoms with Crippen LogP contribution in [0.2, 0.25) is 0 Å². The molecule has 1 heterocycles. The molecule has 3 nitrogen and oxygen atoms in total. The van der Waals surface area contributed by atoms with E-state index in [0.717, 1.165) is 24.8 Å². The molecule has 0 aromatic carbocycles. The minimum absolute atomic E-state index is 0.119. The van der Waals surface area contributed by atoms with Gasteiger partial charge in [0.25, 0.3) is 0 Å². The molecule has 0 amide bonds. The van der Waals surface area contributed by atoms with Gasteiger partial charge in [0.1, 0.15) is 6.33 Å². The smallest absolute Gasteiger partial charge is 0.155 e. The van der Waals surface area contributed by atoms with E-state index in [9.17, 15) is 4.79 Å². The Labute approximate surface area is 155 Å². The number of carbonyl (C=O) groups excluding carboxylic acids is 1. The first kappa shape index (κ1) is 16.2. The minimum atomic E-state index is 0.119. The number of carbonyl (C=O) groups is 1. The molecule has 0 aliphatic heterocycles. The number of fused-ring (bicyclic) bond motifs is 5. The van der Waals surface area contributed by atoms with Crippen LogP contribution in [0.4, 0.5) is 0 Å². The molecule has 4 atom stereocenters. The Kier molecular flexibility index (Phi) is 3.41. The van der Waals surface area contributed by atoms with E-state index in [1.165, 1.54) is 30.4 Å².